The molecule has 0 radical (unpaired) electrons. The van der Waals surface area contributed by atoms with Gasteiger partial charge in [0.2, 0.25) is 5.91 Å². The molecule has 0 bridgehead atoms. The van der Waals surface area contributed by atoms with Crippen LogP contribution in [0.5, 0.6) is 0 Å². The van der Waals surface area contributed by atoms with E-state index in [0.29, 0.717) is 0 Å². The number of nitrogens with one attached hydrogen (secondary N) is 2. The Labute approximate surface area is 100 Å². The number of aryl methyl sites for hydroxylation is 1. The number of rotatable bonds is 5. The van der Waals surface area contributed by atoms with Crippen LogP contribution in [-0.4, -0.2) is 24.0 Å². The molecule has 4 nitrogen and oxygen atoms in total. The summed E-state index contributed by atoms with van der Waals surface area (Å²) >= 11 is 1.66. The topological polar surface area (TPSA) is 54.0 Å². The van der Waals surface area contributed by atoms with E-state index in [1.54, 1.807) is 18.4 Å². The highest BCUT2D eigenvalue weighted by atomic mass is 32.1. The third-order valence-electron chi connectivity index (χ3n) is 2.48. The molecule has 0 aliphatic rings. The summed E-state index contributed by atoms with van der Waals surface area (Å²) in [5.74, 6) is 0.00301. The number of hydrogen-bond donors (Lipinski definition) is 2. The van der Waals surface area contributed by atoms with Gasteiger partial charge >= 0.3 is 0 Å². The lowest BCUT2D eigenvalue weighted by Gasteiger charge is -2.15. The number of thiazole rings is 1. The second-order valence-corrected chi connectivity index (χ2v) is 4.91. The average Bonchev–Trinajstić information content (AvgIpc) is 2.76. The molecule has 16 heavy (non-hydrogen) atoms. The van der Waals surface area contributed by atoms with E-state index in [1.807, 2.05) is 20.0 Å². The number of aromatic nitrogens is 1. The standard InChI is InChI=1S/C11H19N3OS/c1-5-9-6-13-11(16-9)8(3)14-10(15)7(2)12-4/h6-8,12H,5H2,1-4H3,(H,14,15). The van der Waals surface area contributed by atoms with Crippen LogP contribution in [0.2, 0.25) is 0 Å². The van der Waals surface area contributed by atoms with Gasteiger partial charge in [-0.2, -0.15) is 0 Å². The molecule has 0 saturated carbocycles. The van der Waals surface area contributed by atoms with E-state index in [-0.39, 0.29) is 18.0 Å². The summed E-state index contributed by atoms with van der Waals surface area (Å²) in [5.41, 5.74) is 0. The smallest absolute Gasteiger partial charge is 0.237 e. The normalized spacial score (nSPS) is 14.5. The van der Waals surface area contributed by atoms with E-state index in [1.165, 1.54) is 4.88 Å². The molecule has 5 heteroatoms. The fourth-order valence-corrected chi connectivity index (χ4v) is 2.08. The van der Waals surface area contributed by atoms with Gasteiger partial charge in [-0.3, -0.25) is 4.79 Å². The Morgan fingerprint density at radius 3 is 2.75 bits per heavy atom. The molecule has 1 aromatic heterocycles. The maximum atomic E-state index is 11.6. The molecule has 2 N–H and O–H groups in total. The van der Waals surface area contributed by atoms with Crippen LogP contribution in [0.1, 0.15) is 36.7 Å². The number of carbonyl (C=O) groups is 1. The van der Waals surface area contributed by atoms with Crippen LogP contribution >= 0.6 is 11.3 Å². The van der Waals surface area contributed by atoms with Gasteiger partial charge in [0.1, 0.15) is 5.01 Å². The van der Waals surface area contributed by atoms with Crippen molar-refractivity contribution in [1.82, 2.24) is 15.6 Å². The number of likely N-dealkylation sites (N-methyl/N-ethyl adjacent to an activating group) is 1. The summed E-state index contributed by atoms with van der Waals surface area (Å²) < 4.78 is 0. The monoisotopic (exact) mass is 241 g/mol. The van der Waals surface area contributed by atoms with E-state index in [0.717, 1.165) is 11.4 Å². The largest absolute Gasteiger partial charge is 0.346 e. The number of amides is 1. The minimum absolute atomic E-state index is 0.00301. The Hall–Kier alpha value is -0.940. The lowest BCUT2D eigenvalue weighted by Crippen LogP contribution is -2.41. The molecule has 0 fully saturated rings. The molecule has 1 heterocycles. The van der Waals surface area contributed by atoms with Crippen molar-refractivity contribution in [2.45, 2.75) is 39.3 Å². The van der Waals surface area contributed by atoms with Crippen molar-refractivity contribution in [3.05, 3.63) is 16.1 Å². The van der Waals surface area contributed by atoms with Crippen molar-refractivity contribution in [3.8, 4) is 0 Å². The maximum absolute atomic E-state index is 11.6. The van der Waals surface area contributed by atoms with Crippen LogP contribution in [0.15, 0.2) is 6.20 Å². The Bertz CT molecular complexity index is 351. The van der Waals surface area contributed by atoms with Gasteiger partial charge in [0, 0.05) is 11.1 Å². The van der Waals surface area contributed by atoms with E-state index >= 15 is 0 Å². The minimum Gasteiger partial charge on any atom is -0.346 e. The molecule has 2 atom stereocenters. The van der Waals surface area contributed by atoms with Gasteiger partial charge in [-0.15, -0.1) is 11.3 Å². The lowest BCUT2D eigenvalue weighted by molar-refractivity contribution is -0.123. The van der Waals surface area contributed by atoms with Gasteiger partial charge in [-0.05, 0) is 27.3 Å². The lowest BCUT2D eigenvalue weighted by atomic mass is 10.3. The first kappa shape index (κ1) is 13.1. The second-order valence-electron chi connectivity index (χ2n) is 3.76. The van der Waals surface area contributed by atoms with Crippen molar-refractivity contribution in [2.24, 2.45) is 0 Å². The van der Waals surface area contributed by atoms with Crippen LogP contribution in [0.3, 0.4) is 0 Å². The van der Waals surface area contributed by atoms with Crippen molar-refractivity contribution < 1.29 is 4.79 Å². The molecule has 0 spiro atoms. The Kier molecular flexibility index (Phi) is 4.89. The summed E-state index contributed by atoms with van der Waals surface area (Å²) in [6.45, 7) is 5.89. The molecule has 0 saturated heterocycles. The van der Waals surface area contributed by atoms with E-state index in [9.17, 15) is 4.79 Å². The predicted molar refractivity (Wildman–Crippen MR) is 66.6 cm³/mol. The molecular weight excluding hydrogens is 222 g/mol. The number of nitrogens with zero attached hydrogens (tertiary/aromatic N) is 1. The maximum Gasteiger partial charge on any atom is 0.237 e. The fourth-order valence-electron chi connectivity index (χ4n) is 1.22. The minimum atomic E-state index is -0.173. The summed E-state index contributed by atoms with van der Waals surface area (Å²) in [7, 11) is 1.77. The zero-order chi connectivity index (χ0) is 12.1. The average molecular weight is 241 g/mol. The SMILES string of the molecule is CCc1cnc(C(C)NC(=O)C(C)NC)s1. The molecule has 2 unspecified atom stereocenters. The van der Waals surface area contributed by atoms with Gasteiger partial charge in [-0.1, -0.05) is 6.92 Å². The summed E-state index contributed by atoms with van der Waals surface area (Å²) in [4.78, 5) is 17.2. The van der Waals surface area contributed by atoms with E-state index in [2.05, 4.69) is 22.5 Å². The Morgan fingerprint density at radius 1 is 1.56 bits per heavy atom. The molecule has 0 aliphatic carbocycles. The third kappa shape index (κ3) is 3.28. The number of carbonyl (C=O) groups excluding carboxylic acids is 1. The highest BCUT2D eigenvalue weighted by molar-refractivity contribution is 7.11. The van der Waals surface area contributed by atoms with Gasteiger partial charge in [0.25, 0.3) is 0 Å². The second kappa shape index (κ2) is 5.96. The van der Waals surface area contributed by atoms with Crippen LogP contribution in [0.25, 0.3) is 0 Å². The highest BCUT2D eigenvalue weighted by Gasteiger charge is 2.16. The molecule has 0 aromatic carbocycles. The molecule has 1 amide bonds. The van der Waals surface area contributed by atoms with Crippen LogP contribution < -0.4 is 10.6 Å². The van der Waals surface area contributed by atoms with Gasteiger partial charge in [0.15, 0.2) is 0 Å². The fraction of sp³-hybridized carbons (Fsp3) is 0.636. The van der Waals surface area contributed by atoms with Gasteiger partial charge in [0.05, 0.1) is 12.1 Å². The summed E-state index contributed by atoms with van der Waals surface area (Å²) in [6.07, 6.45) is 2.87. The first-order chi connectivity index (χ1) is 7.58. The highest BCUT2D eigenvalue weighted by Crippen LogP contribution is 2.20. The van der Waals surface area contributed by atoms with Crippen LogP contribution in [0.4, 0.5) is 0 Å². The zero-order valence-corrected chi connectivity index (χ0v) is 11.0. The van der Waals surface area contributed by atoms with Gasteiger partial charge < -0.3 is 10.6 Å². The predicted octanol–water partition coefficient (Wildman–Crippen LogP) is 1.49. The summed E-state index contributed by atoms with van der Waals surface area (Å²) in [5, 5.41) is 6.81. The zero-order valence-electron chi connectivity index (χ0n) is 10.2. The first-order valence-corrected chi connectivity index (χ1v) is 6.32. The first-order valence-electron chi connectivity index (χ1n) is 5.50. The molecule has 1 aromatic rings. The molecular formula is C11H19N3OS. The quantitative estimate of drug-likeness (QED) is 0.821. The Morgan fingerprint density at radius 2 is 2.25 bits per heavy atom. The summed E-state index contributed by atoms with van der Waals surface area (Å²) in [6, 6.07) is -0.193. The van der Waals surface area contributed by atoms with Crippen molar-refractivity contribution in [3.63, 3.8) is 0 Å². The van der Waals surface area contributed by atoms with Crippen molar-refractivity contribution in [2.75, 3.05) is 7.05 Å². The third-order valence-corrected chi connectivity index (χ3v) is 3.80. The van der Waals surface area contributed by atoms with Crippen molar-refractivity contribution >= 4 is 17.2 Å². The van der Waals surface area contributed by atoms with Gasteiger partial charge in [-0.25, -0.2) is 4.98 Å². The van der Waals surface area contributed by atoms with Crippen LogP contribution in [0, 0.1) is 0 Å². The molecule has 90 valence electrons. The molecule has 0 aliphatic heterocycles. The molecule has 1 rings (SSSR count). The van der Waals surface area contributed by atoms with Crippen molar-refractivity contribution in [1.29, 1.82) is 0 Å². The Balaban J connectivity index is 2.58. The van der Waals surface area contributed by atoms with Crippen LogP contribution in [-0.2, 0) is 11.2 Å². The van der Waals surface area contributed by atoms with E-state index < -0.39 is 0 Å². The van der Waals surface area contributed by atoms with E-state index in [4.69, 9.17) is 0 Å². The number of hydrogen-bond acceptors (Lipinski definition) is 4.